The molecule has 1 unspecified atom stereocenters. The normalized spacial score (nSPS) is 22.9. The first-order chi connectivity index (χ1) is 6.79. The minimum absolute atomic E-state index is 0.744. The van der Waals surface area contributed by atoms with Gasteiger partial charge in [0.2, 0.25) is 0 Å². The first-order valence-electron chi connectivity index (χ1n) is 5.18. The standard InChI is InChI=1S/C12H17NS/c1-13-7-6-12(8-13)11-4-2-10(9-14)3-5-11/h2-5,12,14H,6-9H2,1H3. The van der Waals surface area contributed by atoms with Gasteiger partial charge in [0.15, 0.2) is 0 Å². The van der Waals surface area contributed by atoms with Crippen LogP contribution in [0.3, 0.4) is 0 Å². The van der Waals surface area contributed by atoms with Crippen molar-refractivity contribution in [3.63, 3.8) is 0 Å². The van der Waals surface area contributed by atoms with Gasteiger partial charge in [0.25, 0.3) is 0 Å². The molecule has 0 aliphatic carbocycles. The summed E-state index contributed by atoms with van der Waals surface area (Å²) in [6, 6.07) is 8.91. The van der Waals surface area contributed by atoms with E-state index in [4.69, 9.17) is 0 Å². The molecule has 1 aromatic carbocycles. The molecule has 0 N–H and O–H groups in total. The fraction of sp³-hybridized carbons (Fsp3) is 0.500. The van der Waals surface area contributed by atoms with Gasteiger partial charge in [0, 0.05) is 12.3 Å². The second-order valence-electron chi connectivity index (χ2n) is 4.15. The Hall–Kier alpha value is -0.470. The molecule has 76 valence electrons. The minimum Gasteiger partial charge on any atom is -0.306 e. The number of hydrogen-bond donors (Lipinski definition) is 1. The fourth-order valence-corrected chi connectivity index (χ4v) is 2.31. The van der Waals surface area contributed by atoms with Crippen LogP contribution in [0.15, 0.2) is 24.3 Å². The molecule has 1 fully saturated rings. The lowest BCUT2D eigenvalue weighted by atomic mass is 9.98. The Labute approximate surface area is 91.5 Å². The SMILES string of the molecule is CN1CCC(c2ccc(CS)cc2)C1. The van der Waals surface area contributed by atoms with Crippen molar-refractivity contribution in [1.29, 1.82) is 0 Å². The van der Waals surface area contributed by atoms with E-state index in [1.807, 2.05) is 0 Å². The molecule has 1 aliphatic rings. The molecule has 1 heterocycles. The maximum Gasteiger partial charge on any atom is 0.0154 e. The molecular formula is C12H17NS. The Morgan fingerprint density at radius 3 is 2.57 bits per heavy atom. The zero-order chi connectivity index (χ0) is 9.97. The zero-order valence-corrected chi connectivity index (χ0v) is 9.50. The summed E-state index contributed by atoms with van der Waals surface area (Å²) in [5.74, 6) is 1.58. The topological polar surface area (TPSA) is 3.24 Å². The van der Waals surface area contributed by atoms with Crippen molar-refractivity contribution in [2.24, 2.45) is 0 Å². The minimum atomic E-state index is 0.744. The van der Waals surface area contributed by atoms with E-state index in [9.17, 15) is 0 Å². The highest BCUT2D eigenvalue weighted by atomic mass is 32.1. The molecule has 2 rings (SSSR count). The van der Waals surface area contributed by atoms with Gasteiger partial charge in [-0.3, -0.25) is 0 Å². The maximum atomic E-state index is 4.26. The third kappa shape index (κ3) is 2.12. The Bertz CT molecular complexity index is 294. The van der Waals surface area contributed by atoms with Crippen LogP contribution in [0.4, 0.5) is 0 Å². The van der Waals surface area contributed by atoms with Crippen LogP contribution in [0.25, 0.3) is 0 Å². The lowest BCUT2D eigenvalue weighted by molar-refractivity contribution is 0.411. The molecule has 0 amide bonds. The third-order valence-electron chi connectivity index (χ3n) is 3.03. The highest BCUT2D eigenvalue weighted by Gasteiger charge is 2.20. The van der Waals surface area contributed by atoms with Crippen molar-refractivity contribution in [2.45, 2.75) is 18.1 Å². The Morgan fingerprint density at radius 1 is 1.36 bits per heavy atom. The summed E-state index contributed by atoms with van der Waals surface area (Å²) in [6.45, 7) is 2.44. The molecule has 14 heavy (non-hydrogen) atoms. The molecular weight excluding hydrogens is 190 g/mol. The number of nitrogens with zero attached hydrogens (tertiary/aromatic N) is 1. The largest absolute Gasteiger partial charge is 0.306 e. The van der Waals surface area contributed by atoms with E-state index in [1.165, 1.54) is 30.6 Å². The van der Waals surface area contributed by atoms with Gasteiger partial charge in [-0.2, -0.15) is 12.6 Å². The first-order valence-corrected chi connectivity index (χ1v) is 5.81. The molecule has 0 bridgehead atoms. The van der Waals surface area contributed by atoms with E-state index in [2.05, 4.69) is 48.8 Å². The average Bonchev–Trinajstić information content (AvgIpc) is 2.65. The van der Waals surface area contributed by atoms with Crippen LogP contribution in [0.5, 0.6) is 0 Å². The van der Waals surface area contributed by atoms with Gasteiger partial charge in [0.1, 0.15) is 0 Å². The number of rotatable bonds is 2. The van der Waals surface area contributed by atoms with Gasteiger partial charge < -0.3 is 4.90 Å². The highest BCUT2D eigenvalue weighted by Crippen LogP contribution is 2.26. The molecule has 0 spiro atoms. The van der Waals surface area contributed by atoms with Crippen LogP contribution in [0, 0.1) is 0 Å². The van der Waals surface area contributed by atoms with Crippen LogP contribution < -0.4 is 0 Å². The second kappa shape index (κ2) is 4.37. The highest BCUT2D eigenvalue weighted by molar-refractivity contribution is 7.79. The molecule has 1 atom stereocenters. The van der Waals surface area contributed by atoms with Crippen LogP contribution in [-0.2, 0) is 5.75 Å². The van der Waals surface area contributed by atoms with Crippen LogP contribution in [0.1, 0.15) is 23.5 Å². The summed E-state index contributed by atoms with van der Waals surface area (Å²) in [6.07, 6.45) is 1.30. The number of benzene rings is 1. The predicted octanol–water partition coefficient (Wildman–Crippen LogP) is 2.54. The van der Waals surface area contributed by atoms with Gasteiger partial charge >= 0.3 is 0 Å². The number of likely N-dealkylation sites (tertiary alicyclic amines) is 1. The Balaban J connectivity index is 2.09. The summed E-state index contributed by atoms with van der Waals surface area (Å²) >= 11 is 4.26. The van der Waals surface area contributed by atoms with E-state index >= 15 is 0 Å². The van der Waals surface area contributed by atoms with Gasteiger partial charge in [-0.15, -0.1) is 0 Å². The maximum absolute atomic E-state index is 4.26. The lowest BCUT2D eigenvalue weighted by Crippen LogP contribution is -2.13. The lowest BCUT2D eigenvalue weighted by Gasteiger charge is -2.11. The Morgan fingerprint density at radius 2 is 2.07 bits per heavy atom. The van der Waals surface area contributed by atoms with Crippen LogP contribution >= 0.6 is 12.6 Å². The summed E-state index contributed by atoms with van der Waals surface area (Å²) in [7, 11) is 2.20. The van der Waals surface area contributed by atoms with Crippen molar-refractivity contribution in [2.75, 3.05) is 20.1 Å². The van der Waals surface area contributed by atoms with Gasteiger partial charge in [-0.25, -0.2) is 0 Å². The average molecular weight is 207 g/mol. The van der Waals surface area contributed by atoms with Crippen molar-refractivity contribution in [3.05, 3.63) is 35.4 Å². The van der Waals surface area contributed by atoms with Crippen LogP contribution in [0.2, 0.25) is 0 Å². The second-order valence-corrected chi connectivity index (χ2v) is 4.46. The van der Waals surface area contributed by atoms with Crippen molar-refractivity contribution >= 4 is 12.6 Å². The van der Waals surface area contributed by atoms with E-state index in [-0.39, 0.29) is 0 Å². The number of hydrogen-bond acceptors (Lipinski definition) is 2. The molecule has 0 saturated carbocycles. The monoisotopic (exact) mass is 207 g/mol. The predicted molar refractivity (Wildman–Crippen MR) is 64.0 cm³/mol. The molecule has 1 saturated heterocycles. The van der Waals surface area contributed by atoms with Gasteiger partial charge in [-0.05, 0) is 37.1 Å². The Kier molecular flexibility index (Phi) is 3.14. The summed E-state index contributed by atoms with van der Waals surface area (Å²) in [4.78, 5) is 2.40. The molecule has 1 aliphatic heterocycles. The molecule has 2 heteroatoms. The number of thiol groups is 1. The van der Waals surface area contributed by atoms with Crippen molar-refractivity contribution < 1.29 is 0 Å². The number of likely N-dealkylation sites (N-methyl/N-ethyl adjacent to an activating group) is 1. The van der Waals surface area contributed by atoms with E-state index in [1.54, 1.807) is 0 Å². The van der Waals surface area contributed by atoms with E-state index in [0.29, 0.717) is 0 Å². The molecule has 1 aromatic rings. The van der Waals surface area contributed by atoms with Gasteiger partial charge in [-0.1, -0.05) is 24.3 Å². The summed E-state index contributed by atoms with van der Waals surface area (Å²) in [5.41, 5.74) is 2.79. The first kappa shape index (κ1) is 10.1. The zero-order valence-electron chi connectivity index (χ0n) is 8.61. The molecule has 1 nitrogen and oxygen atoms in total. The van der Waals surface area contributed by atoms with E-state index < -0.39 is 0 Å². The quantitative estimate of drug-likeness (QED) is 0.729. The van der Waals surface area contributed by atoms with Crippen molar-refractivity contribution in [1.82, 2.24) is 4.90 Å². The van der Waals surface area contributed by atoms with E-state index in [0.717, 1.165) is 11.7 Å². The molecule has 0 aromatic heterocycles. The van der Waals surface area contributed by atoms with Crippen LogP contribution in [-0.4, -0.2) is 25.0 Å². The van der Waals surface area contributed by atoms with Gasteiger partial charge in [0.05, 0.1) is 0 Å². The fourth-order valence-electron chi connectivity index (χ4n) is 2.10. The van der Waals surface area contributed by atoms with Crippen molar-refractivity contribution in [3.8, 4) is 0 Å². The smallest absolute Gasteiger partial charge is 0.0154 e. The summed E-state index contributed by atoms with van der Waals surface area (Å²) < 4.78 is 0. The summed E-state index contributed by atoms with van der Waals surface area (Å²) in [5, 5.41) is 0. The third-order valence-corrected chi connectivity index (χ3v) is 3.39. The molecule has 0 radical (unpaired) electrons.